The molecule has 0 fully saturated rings. The molecule has 0 aliphatic heterocycles. The highest BCUT2D eigenvalue weighted by atomic mass is 16.3. The summed E-state index contributed by atoms with van der Waals surface area (Å²) in [6.45, 7) is 5.70. The number of para-hydroxylation sites is 1. The Morgan fingerprint density at radius 1 is 1.46 bits per heavy atom. The Kier molecular flexibility index (Phi) is 1.93. The maximum absolute atomic E-state index is 5.60. The van der Waals surface area contributed by atoms with Crippen LogP contribution in [0.25, 0.3) is 11.0 Å². The van der Waals surface area contributed by atoms with Crippen LogP contribution in [0.4, 0.5) is 0 Å². The molecule has 2 aromatic rings. The molecule has 1 nitrogen and oxygen atoms in total. The highest BCUT2D eigenvalue weighted by Gasteiger charge is 2.03. The summed E-state index contributed by atoms with van der Waals surface area (Å²) in [4.78, 5) is 0. The van der Waals surface area contributed by atoms with Crippen LogP contribution in [0.3, 0.4) is 0 Å². The van der Waals surface area contributed by atoms with Crippen LogP contribution in [0.1, 0.15) is 11.3 Å². The van der Waals surface area contributed by atoms with E-state index in [1.165, 1.54) is 10.9 Å². The molecule has 0 aliphatic carbocycles. The first kappa shape index (κ1) is 8.11. The minimum atomic E-state index is 0.865. The molecule has 0 unspecified atom stereocenters. The monoisotopic (exact) mass is 172 g/mol. The van der Waals surface area contributed by atoms with Crippen LogP contribution in [-0.2, 0) is 6.42 Å². The Bertz CT molecular complexity index is 437. The molecule has 0 amide bonds. The van der Waals surface area contributed by atoms with E-state index >= 15 is 0 Å². The Balaban J connectivity index is 2.67. The number of hydrogen-bond donors (Lipinski definition) is 0. The third kappa shape index (κ3) is 1.37. The van der Waals surface area contributed by atoms with Gasteiger partial charge < -0.3 is 4.42 Å². The second kappa shape index (κ2) is 3.09. The normalized spacial score (nSPS) is 10.5. The van der Waals surface area contributed by atoms with Gasteiger partial charge in [0, 0.05) is 5.39 Å². The minimum absolute atomic E-state index is 0.865. The second-order valence-corrected chi connectivity index (χ2v) is 3.19. The third-order valence-electron chi connectivity index (χ3n) is 2.11. The van der Waals surface area contributed by atoms with Gasteiger partial charge in [-0.05, 0) is 25.0 Å². The van der Waals surface area contributed by atoms with Gasteiger partial charge in [0.25, 0.3) is 0 Å². The van der Waals surface area contributed by atoms with E-state index in [9.17, 15) is 0 Å². The van der Waals surface area contributed by atoms with E-state index in [-0.39, 0.29) is 0 Å². The molecule has 2 rings (SSSR count). The third-order valence-corrected chi connectivity index (χ3v) is 2.11. The van der Waals surface area contributed by atoms with Crippen LogP contribution >= 0.6 is 0 Å². The lowest BCUT2D eigenvalue weighted by atomic mass is 10.1. The topological polar surface area (TPSA) is 13.1 Å². The Labute approximate surface area is 77.7 Å². The summed E-state index contributed by atoms with van der Waals surface area (Å²) in [6, 6.07) is 8.25. The molecule has 1 heterocycles. The molecule has 1 aromatic carbocycles. The molecule has 66 valence electrons. The summed E-state index contributed by atoms with van der Waals surface area (Å²) in [5, 5.41) is 1.18. The fraction of sp³-hybridized carbons (Fsp3) is 0.167. The SMILES string of the molecule is C=CCc1cccc2cc(C)oc12. The van der Waals surface area contributed by atoms with Crippen molar-refractivity contribution in [2.24, 2.45) is 0 Å². The van der Waals surface area contributed by atoms with Gasteiger partial charge >= 0.3 is 0 Å². The highest BCUT2D eigenvalue weighted by molar-refractivity contribution is 5.81. The molecule has 0 atom stereocenters. The molecule has 0 N–H and O–H groups in total. The van der Waals surface area contributed by atoms with Gasteiger partial charge in [-0.1, -0.05) is 24.3 Å². The molecule has 0 bridgehead atoms. The second-order valence-electron chi connectivity index (χ2n) is 3.19. The molecule has 0 spiro atoms. The van der Waals surface area contributed by atoms with Crippen molar-refractivity contribution >= 4 is 11.0 Å². The van der Waals surface area contributed by atoms with E-state index in [4.69, 9.17) is 4.42 Å². The Hall–Kier alpha value is -1.50. The molecule has 0 radical (unpaired) electrons. The van der Waals surface area contributed by atoms with Crippen molar-refractivity contribution in [1.82, 2.24) is 0 Å². The number of aryl methyl sites for hydroxylation is 1. The van der Waals surface area contributed by atoms with E-state index < -0.39 is 0 Å². The maximum Gasteiger partial charge on any atom is 0.137 e. The smallest absolute Gasteiger partial charge is 0.137 e. The number of hydrogen-bond acceptors (Lipinski definition) is 1. The van der Waals surface area contributed by atoms with Gasteiger partial charge in [-0.2, -0.15) is 0 Å². The number of fused-ring (bicyclic) bond motifs is 1. The quantitative estimate of drug-likeness (QED) is 0.632. The highest BCUT2D eigenvalue weighted by Crippen LogP contribution is 2.22. The lowest BCUT2D eigenvalue weighted by Crippen LogP contribution is -1.79. The van der Waals surface area contributed by atoms with Crippen LogP contribution in [-0.4, -0.2) is 0 Å². The number of benzene rings is 1. The van der Waals surface area contributed by atoms with Crippen LogP contribution in [0.15, 0.2) is 41.3 Å². The van der Waals surface area contributed by atoms with Gasteiger partial charge in [0.15, 0.2) is 0 Å². The molecule has 13 heavy (non-hydrogen) atoms. The Morgan fingerprint density at radius 2 is 2.31 bits per heavy atom. The van der Waals surface area contributed by atoms with Crippen molar-refractivity contribution in [2.45, 2.75) is 13.3 Å². The summed E-state index contributed by atoms with van der Waals surface area (Å²) in [7, 11) is 0. The van der Waals surface area contributed by atoms with Gasteiger partial charge in [-0.25, -0.2) is 0 Å². The van der Waals surface area contributed by atoms with Crippen LogP contribution < -0.4 is 0 Å². The van der Waals surface area contributed by atoms with Crippen LogP contribution in [0.5, 0.6) is 0 Å². The lowest BCUT2D eigenvalue weighted by molar-refractivity contribution is 0.575. The molecular formula is C12H12O. The fourth-order valence-corrected chi connectivity index (χ4v) is 1.57. The zero-order valence-corrected chi connectivity index (χ0v) is 7.71. The number of furan rings is 1. The summed E-state index contributed by atoms with van der Waals surface area (Å²) in [6.07, 6.45) is 2.76. The predicted molar refractivity (Wildman–Crippen MR) is 54.9 cm³/mol. The van der Waals surface area contributed by atoms with Gasteiger partial charge in [0.05, 0.1) is 0 Å². The van der Waals surface area contributed by atoms with E-state index in [2.05, 4.69) is 30.8 Å². The zero-order chi connectivity index (χ0) is 9.26. The standard InChI is InChI=1S/C12H12O/c1-3-5-10-6-4-7-11-8-9(2)13-12(10)11/h3-4,6-8H,1,5H2,2H3. The van der Waals surface area contributed by atoms with E-state index in [0.29, 0.717) is 0 Å². The fourth-order valence-electron chi connectivity index (χ4n) is 1.57. The summed E-state index contributed by atoms with van der Waals surface area (Å²) >= 11 is 0. The molecular weight excluding hydrogens is 160 g/mol. The first-order chi connectivity index (χ1) is 6.31. The van der Waals surface area contributed by atoms with E-state index in [1.807, 2.05) is 13.0 Å². The average Bonchev–Trinajstić information content (AvgIpc) is 2.47. The molecule has 0 saturated heterocycles. The van der Waals surface area contributed by atoms with Crippen molar-refractivity contribution in [3.8, 4) is 0 Å². The van der Waals surface area contributed by atoms with Gasteiger partial charge in [0.2, 0.25) is 0 Å². The molecule has 1 aromatic heterocycles. The summed E-state index contributed by atoms with van der Waals surface area (Å²) in [5.41, 5.74) is 2.21. The molecule has 0 saturated carbocycles. The van der Waals surface area contributed by atoms with Crippen molar-refractivity contribution in [3.63, 3.8) is 0 Å². The first-order valence-electron chi connectivity index (χ1n) is 4.40. The summed E-state index contributed by atoms with van der Waals surface area (Å²) < 4.78 is 5.60. The summed E-state index contributed by atoms with van der Waals surface area (Å²) in [5.74, 6) is 0.964. The minimum Gasteiger partial charge on any atom is -0.461 e. The number of rotatable bonds is 2. The maximum atomic E-state index is 5.60. The molecule has 1 heteroatoms. The predicted octanol–water partition coefficient (Wildman–Crippen LogP) is 3.47. The Morgan fingerprint density at radius 3 is 3.08 bits per heavy atom. The van der Waals surface area contributed by atoms with Crippen molar-refractivity contribution in [2.75, 3.05) is 0 Å². The van der Waals surface area contributed by atoms with Crippen LogP contribution in [0, 0.1) is 6.92 Å². The van der Waals surface area contributed by atoms with E-state index in [0.717, 1.165) is 17.8 Å². The number of allylic oxidation sites excluding steroid dienone is 1. The average molecular weight is 172 g/mol. The van der Waals surface area contributed by atoms with Crippen molar-refractivity contribution in [3.05, 3.63) is 48.2 Å². The van der Waals surface area contributed by atoms with Gasteiger partial charge in [-0.15, -0.1) is 6.58 Å². The largest absolute Gasteiger partial charge is 0.461 e. The van der Waals surface area contributed by atoms with Gasteiger partial charge in [-0.3, -0.25) is 0 Å². The zero-order valence-electron chi connectivity index (χ0n) is 7.71. The van der Waals surface area contributed by atoms with E-state index in [1.54, 1.807) is 0 Å². The lowest BCUT2D eigenvalue weighted by Gasteiger charge is -1.96. The molecule has 0 aliphatic rings. The van der Waals surface area contributed by atoms with Gasteiger partial charge in [0.1, 0.15) is 11.3 Å². The van der Waals surface area contributed by atoms with Crippen molar-refractivity contribution < 1.29 is 4.42 Å². The first-order valence-corrected chi connectivity index (χ1v) is 4.40. The van der Waals surface area contributed by atoms with Crippen molar-refractivity contribution in [1.29, 1.82) is 0 Å². The van der Waals surface area contributed by atoms with Crippen LogP contribution in [0.2, 0.25) is 0 Å².